The van der Waals surface area contributed by atoms with E-state index in [1.807, 2.05) is 31.2 Å². The molecule has 0 fully saturated rings. The Hall–Kier alpha value is -2.48. The van der Waals surface area contributed by atoms with Gasteiger partial charge in [-0.25, -0.2) is 13.1 Å². The maximum Gasteiger partial charge on any atom is 0.156 e. The minimum atomic E-state index is -3.25. The van der Waals surface area contributed by atoms with Crippen molar-refractivity contribution in [1.82, 2.24) is 24.8 Å². The van der Waals surface area contributed by atoms with E-state index >= 15 is 0 Å². The highest BCUT2D eigenvalue weighted by molar-refractivity contribution is 7.90. The number of aryl methyl sites for hydroxylation is 3. The van der Waals surface area contributed by atoms with Crippen LogP contribution in [0.4, 0.5) is 0 Å². The molecule has 126 valence electrons. The third-order valence-electron chi connectivity index (χ3n) is 3.63. The summed E-state index contributed by atoms with van der Waals surface area (Å²) in [5.74, 6) is -0.0464. The van der Waals surface area contributed by atoms with Gasteiger partial charge in [0.1, 0.15) is 0 Å². The third kappa shape index (κ3) is 4.08. The number of nitrogens with zero attached hydrogens (tertiary/aromatic N) is 5. The molecule has 3 aromatic rings. The summed E-state index contributed by atoms with van der Waals surface area (Å²) in [6, 6.07) is 9.63. The molecule has 0 saturated carbocycles. The van der Waals surface area contributed by atoms with E-state index in [9.17, 15) is 8.42 Å². The van der Waals surface area contributed by atoms with Crippen LogP contribution >= 0.6 is 0 Å². The summed E-state index contributed by atoms with van der Waals surface area (Å²) in [7, 11) is -1.50. The Labute approximate surface area is 140 Å². The second kappa shape index (κ2) is 6.56. The van der Waals surface area contributed by atoms with Crippen molar-refractivity contribution >= 4 is 9.84 Å². The first-order chi connectivity index (χ1) is 11.4. The van der Waals surface area contributed by atoms with Crippen LogP contribution in [0.25, 0.3) is 5.69 Å². The van der Waals surface area contributed by atoms with Crippen molar-refractivity contribution in [2.24, 2.45) is 7.05 Å². The summed E-state index contributed by atoms with van der Waals surface area (Å²) < 4.78 is 27.8. The van der Waals surface area contributed by atoms with Crippen LogP contribution in [0, 0.1) is 6.92 Å². The number of hydrogen-bond acceptors (Lipinski definition) is 5. The quantitative estimate of drug-likeness (QED) is 0.675. The van der Waals surface area contributed by atoms with Crippen LogP contribution in [-0.4, -0.2) is 38.9 Å². The van der Waals surface area contributed by atoms with E-state index in [2.05, 4.69) is 15.4 Å². The fraction of sp³-hybridized carbons (Fsp3) is 0.312. The van der Waals surface area contributed by atoms with Gasteiger partial charge in [0.15, 0.2) is 9.84 Å². The van der Waals surface area contributed by atoms with Crippen molar-refractivity contribution in [2.75, 3.05) is 5.75 Å². The molecule has 0 unspecified atom stereocenters. The lowest BCUT2D eigenvalue weighted by Crippen LogP contribution is -2.12. The van der Waals surface area contributed by atoms with Crippen LogP contribution in [0.1, 0.15) is 17.0 Å². The van der Waals surface area contributed by atoms with Crippen LogP contribution in [0.15, 0.2) is 42.7 Å². The molecule has 0 aliphatic carbocycles. The summed E-state index contributed by atoms with van der Waals surface area (Å²) >= 11 is 0. The number of benzene rings is 1. The first-order valence-corrected chi connectivity index (χ1v) is 9.41. The number of aromatic nitrogens is 5. The number of hydrogen-bond donors (Lipinski definition) is 0. The molecule has 0 aliphatic heterocycles. The molecule has 8 heteroatoms. The zero-order chi connectivity index (χ0) is 17.2. The maximum atomic E-state index is 12.3. The first kappa shape index (κ1) is 16.4. The molecule has 0 amide bonds. The summed E-state index contributed by atoms with van der Waals surface area (Å²) in [4.78, 5) is 0. The third-order valence-corrected chi connectivity index (χ3v) is 5.19. The van der Waals surface area contributed by atoms with Gasteiger partial charge in [0.05, 0.1) is 28.6 Å². The Morgan fingerprint density at radius 2 is 1.83 bits per heavy atom. The van der Waals surface area contributed by atoms with Crippen LogP contribution < -0.4 is 0 Å². The summed E-state index contributed by atoms with van der Waals surface area (Å²) in [6.07, 6.45) is 3.86. The van der Waals surface area contributed by atoms with Gasteiger partial charge < -0.3 is 0 Å². The lowest BCUT2D eigenvalue weighted by molar-refractivity contribution is 0.593. The zero-order valence-electron chi connectivity index (χ0n) is 13.6. The Morgan fingerprint density at radius 1 is 1.08 bits per heavy atom. The Bertz CT molecular complexity index is 926. The molecule has 3 rings (SSSR count). The average molecular weight is 345 g/mol. The zero-order valence-corrected chi connectivity index (χ0v) is 14.4. The average Bonchev–Trinajstić information content (AvgIpc) is 3.15. The van der Waals surface area contributed by atoms with Gasteiger partial charge in [-0.1, -0.05) is 22.9 Å². The van der Waals surface area contributed by atoms with E-state index in [-0.39, 0.29) is 11.5 Å². The van der Waals surface area contributed by atoms with Crippen molar-refractivity contribution in [3.8, 4) is 5.69 Å². The van der Waals surface area contributed by atoms with E-state index < -0.39 is 9.84 Å². The van der Waals surface area contributed by atoms with Gasteiger partial charge in [0, 0.05) is 25.9 Å². The standard InChI is InChI=1S/C16H19N5O2S/c1-13-3-5-16(6-4-13)21-9-7-15(18-21)12-24(22,23)10-8-14-11-20(2)19-17-14/h3-7,9,11H,8,10,12H2,1-2H3. The maximum absolute atomic E-state index is 12.3. The van der Waals surface area contributed by atoms with Crippen LogP contribution in [0.5, 0.6) is 0 Å². The van der Waals surface area contributed by atoms with E-state index in [0.29, 0.717) is 17.8 Å². The summed E-state index contributed by atoms with van der Waals surface area (Å²) in [5, 5.41) is 12.1. The fourth-order valence-corrected chi connectivity index (χ4v) is 3.62. The highest BCUT2D eigenvalue weighted by atomic mass is 32.2. The molecule has 0 radical (unpaired) electrons. The Morgan fingerprint density at radius 3 is 2.50 bits per heavy atom. The largest absolute Gasteiger partial charge is 0.255 e. The fourth-order valence-electron chi connectivity index (χ4n) is 2.35. The van der Waals surface area contributed by atoms with Gasteiger partial charge in [-0.2, -0.15) is 5.10 Å². The predicted molar refractivity (Wildman–Crippen MR) is 90.5 cm³/mol. The highest BCUT2D eigenvalue weighted by Crippen LogP contribution is 2.11. The van der Waals surface area contributed by atoms with Crippen molar-refractivity contribution in [2.45, 2.75) is 19.1 Å². The predicted octanol–water partition coefficient (Wildman–Crippen LogP) is 1.47. The van der Waals surface area contributed by atoms with Crippen LogP contribution in [-0.2, 0) is 29.1 Å². The van der Waals surface area contributed by atoms with Crippen molar-refractivity contribution in [1.29, 1.82) is 0 Å². The van der Waals surface area contributed by atoms with Crippen LogP contribution in [0.3, 0.4) is 0 Å². The van der Waals surface area contributed by atoms with Crippen LogP contribution in [0.2, 0.25) is 0 Å². The molecule has 24 heavy (non-hydrogen) atoms. The molecule has 2 aromatic heterocycles. The summed E-state index contributed by atoms with van der Waals surface area (Å²) in [6.45, 7) is 2.02. The molecule has 0 spiro atoms. The second-order valence-electron chi connectivity index (χ2n) is 5.81. The van der Waals surface area contributed by atoms with Gasteiger partial charge in [-0.15, -0.1) is 5.10 Å². The normalized spacial score (nSPS) is 11.8. The van der Waals surface area contributed by atoms with E-state index in [1.54, 1.807) is 34.9 Å². The molecule has 0 bridgehead atoms. The van der Waals surface area contributed by atoms with E-state index in [0.717, 1.165) is 11.3 Å². The van der Waals surface area contributed by atoms with Crippen molar-refractivity contribution < 1.29 is 8.42 Å². The monoisotopic (exact) mass is 345 g/mol. The molecular weight excluding hydrogens is 326 g/mol. The van der Waals surface area contributed by atoms with Crippen molar-refractivity contribution in [3.63, 3.8) is 0 Å². The molecule has 0 atom stereocenters. The van der Waals surface area contributed by atoms with Gasteiger partial charge in [0.2, 0.25) is 0 Å². The lowest BCUT2D eigenvalue weighted by atomic mass is 10.2. The minimum Gasteiger partial charge on any atom is -0.255 e. The smallest absolute Gasteiger partial charge is 0.156 e. The molecule has 7 nitrogen and oxygen atoms in total. The molecular formula is C16H19N5O2S. The van der Waals surface area contributed by atoms with Gasteiger partial charge in [-0.05, 0) is 25.1 Å². The van der Waals surface area contributed by atoms with Gasteiger partial charge in [-0.3, -0.25) is 4.68 Å². The molecule has 2 heterocycles. The number of rotatable bonds is 6. The first-order valence-electron chi connectivity index (χ1n) is 7.58. The topological polar surface area (TPSA) is 82.7 Å². The highest BCUT2D eigenvalue weighted by Gasteiger charge is 2.15. The van der Waals surface area contributed by atoms with Crippen molar-refractivity contribution in [3.05, 3.63) is 59.7 Å². The molecule has 0 aliphatic rings. The van der Waals surface area contributed by atoms with Gasteiger partial charge >= 0.3 is 0 Å². The second-order valence-corrected chi connectivity index (χ2v) is 8.00. The number of sulfone groups is 1. The lowest BCUT2D eigenvalue weighted by Gasteiger charge is -2.02. The molecule has 1 aromatic carbocycles. The SMILES string of the molecule is Cc1ccc(-n2ccc(CS(=O)(=O)CCc3cn(C)nn3)n2)cc1. The molecule has 0 N–H and O–H groups in total. The minimum absolute atomic E-state index is 0.0308. The van der Waals surface area contributed by atoms with E-state index in [1.165, 1.54) is 0 Å². The summed E-state index contributed by atoms with van der Waals surface area (Å²) in [5.41, 5.74) is 3.28. The molecule has 0 saturated heterocycles. The van der Waals surface area contributed by atoms with Gasteiger partial charge in [0.25, 0.3) is 0 Å². The Kier molecular flexibility index (Phi) is 4.48. The Balaban J connectivity index is 1.65. The van der Waals surface area contributed by atoms with E-state index in [4.69, 9.17) is 0 Å².